The molecule has 4 nitrogen and oxygen atoms in total. The number of aliphatic hydroxyl groups is 1. The molecule has 0 bridgehead atoms. The van der Waals surface area contributed by atoms with Crippen LogP contribution in [0.2, 0.25) is 0 Å². The Hall–Kier alpha value is -1.13. The SMILES string of the molecule is COCCCOc1nc(C)cc(C)c1CO. The number of pyridine rings is 1. The van der Waals surface area contributed by atoms with Crippen LogP contribution >= 0.6 is 0 Å². The summed E-state index contributed by atoms with van der Waals surface area (Å²) < 4.78 is 10.5. The van der Waals surface area contributed by atoms with E-state index in [1.807, 2.05) is 19.9 Å². The van der Waals surface area contributed by atoms with Crippen molar-refractivity contribution in [1.29, 1.82) is 0 Å². The molecule has 16 heavy (non-hydrogen) atoms. The van der Waals surface area contributed by atoms with Gasteiger partial charge in [0.15, 0.2) is 0 Å². The monoisotopic (exact) mass is 225 g/mol. The van der Waals surface area contributed by atoms with Gasteiger partial charge >= 0.3 is 0 Å². The highest BCUT2D eigenvalue weighted by Gasteiger charge is 2.08. The summed E-state index contributed by atoms with van der Waals surface area (Å²) in [4.78, 5) is 4.28. The lowest BCUT2D eigenvalue weighted by Gasteiger charge is -2.12. The summed E-state index contributed by atoms with van der Waals surface area (Å²) in [5, 5.41) is 9.25. The fourth-order valence-electron chi connectivity index (χ4n) is 1.51. The van der Waals surface area contributed by atoms with Crippen molar-refractivity contribution in [3.05, 3.63) is 22.9 Å². The lowest BCUT2D eigenvalue weighted by atomic mass is 10.1. The second-order valence-corrected chi connectivity index (χ2v) is 3.72. The van der Waals surface area contributed by atoms with Gasteiger partial charge in [0.2, 0.25) is 5.88 Å². The molecule has 0 aromatic carbocycles. The quantitative estimate of drug-likeness (QED) is 0.747. The number of rotatable bonds is 6. The van der Waals surface area contributed by atoms with Gasteiger partial charge in [-0.25, -0.2) is 4.98 Å². The summed E-state index contributed by atoms with van der Waals surface area (Å²) in [6.45, 7) is 5.03. The first kappa shape index (κ1) is 12.9. The molecule has 0 spiro atoms. The first-order chi connectivity index (χ1) is 7.69. The zero-order valence-electron chi connectivity index (χ0n) is 10.1. The topological polar surface area (TPSA) is 51.6 Å². The molecule has 1 heterocycles. The Morgan fingerprint density at radius 1 is 1.31 bits per heavy atom. The van der Waals surface area contributed by atoms with Gasteiger partial charge in [-0.05, 0) is 25.5 Å². The predicted molar refractivity (Wildman–Crippen MR) is 61.6 cm³/mol. The van der Waals surface area contributed by atoms with Gasteiger partial charge < -0.3 is 14.6 Å². The van der Waals surface area contributed by atoms with Crippen LogP contribution in [-0.2, 0) is 11.3 Å². The maximum absolute atomic E-state index is 9.25. The second-order valence-electron chi connectivity index (χ2n) is 3.72. The minimum atomic E-state index is -0.0429. The second kappa shape index (κ2) is 6.45. The van der Waals surface area contributed by atoms with Crippen molar-refractivity contribution < 1.29 is 14.6 Å². The fraction of sp³-hybridized carbons (Fsp3) is 0.583. The molecular weight excluding hydrogens is 206 g/mol. The van der Waals surface area contributed by atoms with E-state index in [0.717, 1.165) is 23.2 Å². The van der Waals surface area contributed by atoms with Gasteiger partial charge in [0, 0.05) is 31.4 Å². The first-order valence-corrected chi connectivity index (χ1v) is 5.38. The summed E-state index contributed by atoms with van der Waals surface area (Å²) in [6.07, 6.45) is 0.816. The third-order valence-electron chi connectivity index (χ3n) is 2.33. The van der Waals surface area contributed by atoms with E-state index >= 15 is 0 Å². The minimum absolute atomic E-state index is 0.0429. The van der Waals surface area contributed by atoms with Crippen LogP contribution in [0.25, 0.3) is 0 Å². The number of aromatic nitrogens is 1. The van der Waals surface area contributed by atoms with Crippen LogP contribution in [0, 0.1) is 13.8 Å². The Kier molecular flexibility index (Phi) is 5.22. The summed E-state index contributed by atoms with van der Waals surface area (Å²) >= 11 is 0. The standard InChI is InChI=1S/C12H19NO3/c1-9-7-10(2)13-12(11(9)8-14)16-6-4-5-15-3/h7,14H,4-6,8H2,1-3H3. The highest BCUT2D eigenvalue weighted by Crippen LogP contribution is 2.20. The van der Waals surface area contributed by atoms with Crippen molar-refractivity contribution in [2.24, 2.45) is 0 Å². The molecule has 0 fully saturated rings. The van der Waals surface area contributed by atoms with Crippen LogP contribution in [0.5, 0.6) is 5.88 Å². The van der Waals surface area contributed by atoms with Gasteiger partial charge in [-0.3, -0.25) is 0 Å². The van der Waals surface area contributed by atoms with Gasteiger partial charge in [-0.1, -0.05) is 0 Å². The highest BCUT2D eigenvalue weighted by molar-refractivity contribution is 5.35. The summed E-state index contributed by atoms with van der Waals surface area (Å²) in [5.74, 6) is 0.538. The molecule has 1 aromatic rings. The van der Waals surface area contributed by atoms with Crippen molar-refractivity contribution in [3.63, 3.8) is 0 Å². The van der Waals surface area contributed by atoms with Gasteiger partial charge in [0.25, 0.3) is 0 Å². The van der Waals surface area contributed by atoms with E-state index in [2.05, 4.69) is 4.98 Å². The van der Waals surface area contributed by atoms with Crippen molar-refractivity contribution >= 4 is 0 Å². The number of hydrogen-bond acceptors (Lipinski definition) is 4. The molecule has 0 saturated carbocycles. The Balaban J connectivity index is 2.69. The predicted octanol–water partition coefficient (Wildman–Crippen LogP) is 1.61. The number of aryl methyl sites for hydroxylation is 2. The Morgan fingerprint density at radius 3 is 2.69 bits per heavy atom. The maximum atomic E-state index is 9.25. The lowest BCUT2D eigenvalue weighted by molar-refractivity contribution is 0.168. The fourth-order valence-corrected chi connectivity index (χ4v) is 1.51. The highest BCUT2D eigenvalue weighted by atomic mass is 16.5. The van der Waals surface area contributed by atoms with Gasteiger partial charge in [0.05, 0.1) is 13.2 Å². The molecule has 0 radical (unpaired) electrons. The number of nitrogens with zero attached hydrogens (tertiary/aromatic N) is 1. The Bertz CT molecular complexity index is 339. The lowest BCUT2D eigenvalue weighted by Crippen LogP contribution is -2.06. The Morgan fingerprint density at radius 2 is 2.06 bits per heavy atom. The van der Waals surface area contributed by atoms with E-state index in [1.54, 1.807) is 7.11 Å². The molecule has 0 aliphatic rings. The minimum Gasteiger partial charge on any atom is -0.477 e. The van der Waals surface area contributed by atoms with E-state index in [4.69, 9.17) is 9.47 Å². The van der Waals surface area contributed by atoms with E-state index in [9.17, 15) is 5.11 Å². The third kappa shape index (κ3) is 3.47. The molecule has 0 aliphatic carbocycles. The first-order valence-electron chi connectivity index (χ1n) is 5.38. The third-order valence-corrected chi connectivity index (χ3v) is 2.33. The molecule has 1 rings (SSSR count). The van der Waals surface area contributed by atoms with Crippen LogP contribution < -0.4 is 4.74 Å². The summed E-state index contributed by atoms with van der Waals surface area (Å²) in [6, 6.07) is 1.94. The van der Waals surface area contributed by atoms with Crippen LogP contribution in [0.3, 0.4) is 0 Å². The molecule has 0 unspecified atom stereocenters. The molecule has 1 N–H and O–H groups in total. The van der Waals surface area contributed by atoms with Crippen molar-refractivity contribution in [1.82, 2.24) is 4.98 Å². The molecule has 90 valence electrons. The van der Waals surface area contributed by atoms with Crippen molar-refractivity contribution in [2.45, 2.75) is 26.9 Å². The Labute approximate surface area is 96.2 Å². The van der Waals surface area contributed by atoms with Gasteiger partial charge in [0.1, 0.15) is 0 Å². The van der Waals surface area contributed by atoms with Crippen molar-refractivity contribution in [3.8, 4) is 5.88 Å². The molecule has 0 atom stereocenters. The smallest absolute Gasteiger partial charge is 0.219 e. The summed E-state index contributed by atoms with van der Waals surface area (Å²) in [7, 11) is 1.66. The maximum Gasteiger partial charge on any atom is 0.219 e. The molecule has 1 aromatic heterocycles. The number of ether oxygens (including phenoxy) is 2. The molecule has 0 saturated heterocycles. The van der Waals surface area contributed by atoms with Crippen LogP contribution in [0.4, 0.5) is 0 Å². The summed E-state index contributed by atoms with van der Waals surface area (Å²) in [5.41, 5.74) is 2.68. The van der Waals surface area contributed by atoms with Crippen LogP contribution in [-0.4, -0.2) is 30.4 Å². The zero-order chi connectivity index (χ0) is 12.0. The van der Waals surface area contributed by atoms with Crippen molar-refractivity contribution in [2.75, 3.05) is 20.3 Å². The molecule has 0 amide bonds. The van der Waals surface area contributed by atoms with Crippen LogP contribution in [0.1, 0.15) is 23.2 Å². The number of aliphatic hydroxyl groups excluding tert-OH is 1. The number of methoxy groups -OCH3 is 1. The van der Waals surface area contributed by atoms with E-state index in [0.29, 0.717) is 19.1 Å². The molecule has 0 aliphatic heterocycles. The van der Waals surface area contributed by atoms with Gasteiger partial charge in [-0.2, -0.15) is 0 Å². The average molecular weight is 225 g/mol. The van der Waals surface area contributed by atoms with E-state index < -0.39 is 0 Å². The normalized spacial score (nSPS) is 10.5. The van der Waals surface area contributed by atoms with Gasteiger partial charge in [-0.15, -0.1) is 0 Å². The van der Waals surface area contributed by atoms with E-state index in [-0.39, 0.29) is 6.61 Å². The molecule has 4 heteroatoms. The largest absolute Gasteiger partial charge is 0.477 e. The molecular formula is C12H19NO3. The number of hydrogen-bond donors (Lipinski definition) is 1. The van der Waals surface area contributed by atoms with Crippen LogP contribution in [0.15, 0.2) is 6.07 Å². The van der Waals surface area contributed by atoms with E-state index in [1.165, 1.54) is 0 Å². The average Bonchev–Trinajstić information content (AvgIpc) is 2.24. The zero-order valence-corrected chi connectivity index (χ0v) is 10.1.